The first-order chi connectivity index (χ1) is 8.62. The van der Waals surface area contributed by atoms with Crippen LogP contribution in [0.1, 0.15) is 34.1 Å². The number of rotatable bonds is 4. The van der Waals surface area contributed by atoms with Crippen molar-refractivity contribution in [1.82, 2.24) is 10.2 Å². The van der Waals surface area contributed by atoms with Crippen LogP contribution in [0, 0.1) is 5.41 Å². The minimum atomic E-state index is -0.875. The second-order valence-corrected chi connectivity index (χ2v) is 7.80. The number of hydrogen-bond donors (Lipinski definition) is 1. The number of nitrogens with one attached hydrogen (secondary N) is 1. The number of hydrogen-bond acceptors (Lipinski definition) is 3. The summed E-state index contributed by atoms with van der Waals surface area (Å²) in [5.74, 6) is 0.387. The van der Waals surface area contributed by atoms with E-state index in [0.29, 0.717) is 12.2 Å². The minimum absolute atomic E-state index is 0.0403. The van der Waals surface area contributed by atoms with Crippen LogP contribution in [0.5, 0.6) is 0 Å². The molecule has 19 heavy (non-hydrogen) atoms. The summed E-state index contributed by atoms with van der Waals surface area (Å²) in [6.07, 6.45) is 2.30. The molecule has 0 bridgehead atoms. The maximum absolute atomic E-state index is 12.4. The first kappa shape index (κ1) is 16.1. The van der Waals surface area contributed by atoms with Crippen molar-refractivity contribution in [3.8, 4) is 0 Å². The van der Waals surface area contributed by atoms with E-state index in [9.17, 15) is 13.8 Å². The van der Waals surface area contributed by atoms with Crippen LogP contribution in [0.4, 0.5) is 0 Å². The van der Waals surface area contributed by atoms with Crippen LogP contribution in [0.3, 0.4) is 0 Å². The lowest BCUT2D eigenvalue weighted by Crippen LogP contribution is -2.64. The molecule has 110 valence electrons. The fraction of sp³-hybridized carbons (Fsp3) is 0.846. The van der Waals surface area contributed by atoms with Crippen LogP contribution < -0.4 is 5.32 Å². The van der Waals surface area contributed by atoms with Gasteiger partial charge < -0.3 is 10.2 Å². The molecule has 0 aromatic heterocycles. The Kier molecular flexibility index (Phi) is 5.12. The summed E-state index contributed by atoms with van der Waals surface area (Å²) < 4.78 is 11.1. The summed E-state index contributed by atoms with van der Waals surface area (Å²) in [4.78, 5) is 25.8. The topological polar surface area (TPSA) is 66.5 Å². The van der Waals surface area contributed by atoms with Crippen molar-refractivity contribution in [1.29, 1.82) is 0 Å². The maximum Gasteiger partial charge on any atom is 0.246 e. The molecule has 1 rings (SSSR count). The molecule has 0 aromatic rings. The lowest BCUT2D eigenvalue weighted by atomic mass is 9.84. The number of carbonyl (C=O) groups excluding carboxylic acids is 2. The van der Waals surface area contributed by atoms with Crippen LogP contribution in [0.15, 0.2) is 0 Å². The minimum Gasteiger partial charge on any atom is -0.342 e. The standard InChI is InChI=1S/C13H24N2O3S/c1-9(6-7-19(5)18)15-8-10(16)14-11(12(15)17)13(2,3)4/h9,11H,6-8H2,1-5H3,(H,14,16). The SMILES string of the molecule is CC(CCS(C)=O)N1CC(=O)NC(C(C)(C)C)C1=O. The van der Waals surface area contributed by atoms with E-state index in [-0.39, 0.29) is 29.8 Å². The Morgan fingerprint density at radius 1 is 1.42 bits per heavy atom. The second kappa shape index (κ2) is 6.03. The molecule has 0 aliphatic carbocycles. The van der Waals surface area contributed by atoms with Gasteiger partial charge in [-0.2, -0.15) is 0 Å². The Bertz CT molecular complexity index is 390. The molecule has 1 aliphatic rings. The van der Waals surface area contributed by atoms with Gasteiger partial charge in [-0.1, -0.05) is 20.8 Å². The highest BCUT2D eigenvalue weighted by molar-refractivity contribution is 7.84. The molecule has 0 saturated carbocycles. The fourth-order valence-electron chi connectivity index (χ4n) is 2.12. The Labute approximate surface area is 117 Å². The second-order valence-electron chi connectivity index (χ2n) is 6.25. The largest absolute Gasteiger partial charge is 0.342 e. The molecule has 6 heteroatoms. The van der Waals surface area contributed by atoms with Crippen molar-refractivity contribution in [3.63, 3.8) is 0 Å². The zero-order valence-corrected chi connectivity index (χ0v) is 13.2. The van der Waals surface area contributed by atoms with Crippen LogP contribution in [0.25, 0.3) is 0 Å². The van der Waals surface area contributed by atoms with Crippen molar-refractivity contribution in [2.45, 2.75) is 46.2 Å². The summed E-state index contributed by atoms with van der Waals surface area (Å²) in [5, 5.41) is 2.77. The molecule has 5 nitrogen and oxygen atoms in total. The molecule has 0 aromatic carbocycles. The van der Waals surface area contributed by atoms with E-state index >= 15 is 0 Å². The zero-order chi connectivity index (χ0) is 14.8. The summed E-state index contributed by atoms with van der Waals surface area (Å²) >= 11 is 0. The molecule has 1 fully saturated rings. The van der Waals surface area contributed by atoms with Crippen molar-refractivity contribution in [2.75, 3.05) is 18.6 Å². The fourth-order valence-corrected chi connectivity index (χ4v) is 2.79. The van der Waals surface area contributed by atoms with E-state index < -0.39 is 16.8 Å². The van der Waals surface area contributed by atoms with Crippen LogP contribution >= 0.6 is 0 Å². The lowest BCUT2D eigenvalue weighted by Gasteiger charge is -2.41. The van der Waals surface area contributed by atoms with Gasteiger partial charge in [-0.25, -0.2) is 0 Å². The van der Waals surface area contributed by atoms with Crippen LogP contribution in [0.2, 0.25) is 0 Å². The highest BCUT2D eigenvalue weighted by atomic mass is 32.2. The van der Waals surface area contributed by atoms with E-state index in [1.165, 1.54) is 0 Å². The van der Waals surface area contributed by atoms with Gasteiger partial charge in [-0.15, -0.1) is 0 Å². The molecule has 1 saturated heterocycles. The zero-order valence-electron chi connectivity index (χ0n) is 12.4. The predicted molar refractivity (Wildman–Crippen MR) is 76.1 cm³/mol. The summed E-state index contributed by atoms with van der Waals surface area (Å²) in [5.41, 5.74) is -0.307. The Hall–Kier alpha value is -0.910. The highest BCUT2D eigenvalue weighted by Crippen LogP contribution is 2.24. The van der Waals surface area contributed by atoms with Gasteiger partial charge in [-0.05, 0) is 18.8 Å². The van der Waals surface area contributed by atoms with E-state index in [2.05, 4.69) is 5.32 Å². The first-order valence-corrected chi connectivity index (χ1v) is 8.25. The van der Waals surface area contributed by atoms with E-state index in [1.54, 1.807) is 11.2 Å². The molecular formula is C13H24N2O3S. The van der Waals surface area contributed by atoms with Gasteiger partial charge in [-0.3, -0.25) is 13.8 Å². The quantitative estimate of drug-likeness (QED) is 0.820. The smallest absolute Gasteiger partial charge is 0.246 e. The summed E-state index contributed by atoms with van der Waals surface area (Å²) in [6.45, 7) is 7.81. The predicted octanol–water partition coefficient (Wildman–Crippen LogP) is 0.517. The Balaban J connectivity index is 2.79. The molecule has 0 spiro atoms. The molecule has 3 unspecified atom stereocenters. The highest BCUT2D eigenvalue weighted by Gasteiger charge is 2.41. The number of piperazine rings is 1. The van der Waals surface area contributed by atoms with Gasteiger partial charge >= 0.3 is 0 Å². The van der Waals surface area contributed by atoms with Crippen LogP contribution in [-0.2, 0) is 20.4 Å². The molecule has 1 heterocycles. The average molecular weight is 288 g/mol. The Morgan fingerprint density at radius 3 is 2.47 bits per heavy atom. The number of amides is 2. The third-order valence-electron chi connectivity index (χ3n) is 3.37. The van der Waals surface area contributed by atoms with Gasteiger partial charge in [0.15, 0.2) is 0 Å². The number of carbonyl (C=O) groups is 2. The van der Waals surface area contributed by atoms with E-state index in [4.69, 9.17) is 0 Å². The first-order valence-electron chi connectivity index (χ1n) is 6.53. The third-order valence-corrected chi connectivity index (χ3v) is 4.18. The van der Waals surface area contributed by atoms with E-state index in [0.717, 1.165) is 0 Å². The van der Waals surface area contributed by atoms with Crippen molar-refractivity contribution < 1.29 is 13.8 Å². The average Bonchev–Trinajstić information content (AvgIpc) is 2.27. The van der Waals surface area contributed by atoms with Crippen molar-refractivity contribution in [3.05, 3.63) is 0 Å². The Morgan fingerprint density at radius 2 is 2.00 bits per heavy atom. The van der Waals surface area contributed by atoms with Gasteiger partial charge in [0.2, 0.25) is 11.8 Å². The lowest BCUT2D eigenvalue weighted by molar-refractivity contribution is -0.149. The van der Waals surface area contributed by atoms with Crippen molar-refractivity contribution in [2.24, 2.45) is 5.41 Å². The van der Waals surface area contributed by atoms with E-state index in [1.807, 2.05) is 27.7 Å². The molecule has 0 radical (unpaired) electrons. The van der Waals surface area contributed by atoms with Crippen molar-refractivity contribution >= 4 is 22.6 Å². The molecule has 1 N–H and O–H groups in total. The molecule has 2 amide bonds. The third kappa shape index (κ3) is 4.30. The molecular weight excluding hydrogens is 264 g/mol. The summed E-state index contributed by atoms with van der Waals surface area (Å²) in [7, 11) is -0.875. The van der Waals surface area contributed by atoms with Gasteiger partial charge in [0.25, 0.3) is 0 Å². The van der Waals surface area contributed by atoms with Gasteiger partial charge in [0, 0.05) is 28.9 Å². The van der Waals surface area contributed by atoms with Gasteiger partial charge in [0.05, 0.1) is 6.54 Å². The maximum atomic E-state index is 12.4. The molecule has 1 aliphatic heterocycles. The molecule has 3 atom stereocenters. The number of nitrogens with zero attached hydrogens (tertiary/aromatic N) is 1. The summed E-state index contributed by atoms with van der Waals surface area (Å²) in [6, 6.07) is -0.546. The van der Waals surface area contributed by atoms with Crippen LogP contribution in [-0.4, -0.2) is 51.6 Å². The normalized spacial score (nSPS) is 24.1. The van der Waals surface area contributed by atoms with Gasteiger partial charge in [0.1, 0.15) is 6.04 Å². The monoisotopic (exact) mass is 288 g/mol.